The third-order valence-electron chi connectivity index (χ3n) is 4.53. The highest BCUT2D eigenvalue weighted by Gasteiger charge is 2.31. The minimum Gasteiger partial charge on any atom is -0.382 e. The summed E-state index contributed by atoms with van der Waals surface area (Å²) in [7, 11) is 0. The van der Waals surface area contributed by atoms with Gasteiger partial charge in [0.25, 0.3) is 0 Å². The highest BCUT2D eigenvalue weighted by atomic mass is 19.4. The highest BCUT2D eigenvalue weighted by Crippen LogP contribution is 2.31. The fourth-order valence-electron chi connectivity index (χ4n) is 3.04. The normalized spacial score (nSPS) is 12.7. The molecule has 172 valence electrons. The molecule has 0 fully saturated rings. The number of hydrogen-bond donors (Lipinski definition) is 3. The third kappa shape index (κ3) is 5.56. The number of hydrogen-bond acceptors (Lipinski definition) is 4. The molecule has 2 amide bonds. The van der Waals surface area contributed by atoms with Crippen LogP contribution < -0.4 is 16.4 Å². The van der Waals surface area contributed by atoms with Crippen molar-refractivity contribution in [1.82, 2.24) is 19.9 Å². The Morgan fingerprint density at radius 3 is 2.73 bits per heavy atom. The Kier molecular flexibility index (Phi) is 6.80. The van der Waals surface area contributed by atoms with Crippen LogP contribution in [0, 0.1) is 12.7 Å². The zero-order chi connectivity index (χ0) is 24.2. The number of carbonyl (C=O) groups is 1. The molecule has 0 unspecified atom stereocenters. The smallest absolute Gasteiger partial charge is 0.382 e. The lowest BCUT2D eigenvalue weighted by Gasteiger charge is -2.12. The van der Waals surface area contributed by atoms with E-state index in [4.69, 9.17) is 5.73 Å². The Morgan fingerprint density at radius 2 is 2.03 bits per heavy atom. The lowest BCUT2D eigenvalue weighted by Crippen LogP contribution is -2.28. The minimum atomic E-state index is -4.67. The van der Waals surface area contributed by atoms with E-state index < -0.39 is 29.3 Å². The van der Waals surface area contributed by atoms with Crippen LogP contribution in [0.1, 0.15) is 23.6 Å². The number of nitrogens with one attached hydrogen (secondary N) is 2. The predicted molar refractivity (Wildman–Crippen MR) is 118 cm³/mol. The van der Waals surface area contributed by atoms with E-state index in [1.807, 2.05) is 6.92 Å². The quantitative estimate of drug-likeness (QED) is 0.366. The first-order chi connectivity index (χ1) is 15.6. The van der Waals surface area contributed by atoms with Crippen LogP contribution in [0.5, 0.6) is 0 Å². The highest BCUT2D eigenvalue weighted by molar-refractivity contribution is 5.91. The topological polar surface area (TPSA) is 97.3 Å². The Hall–Kier alpha value is -4.15. The summed E-state index contributed by atoms with van der Waals surface area (Å²) in [6, 6.07) is 0.860. The van der Waals surface area contributed by atoms with Crippen molar-refractivity contribution in [2.45, 2.75) is 20.0 Å². The van der Waals surface area contributed by atoms with Crippen LogP contribution in [0.25, 0.3) is 11.6 Å². The molecule has 0 spiro atoms. The molecule has 33 heavy (non-hydrogen) atoms. The van der Waals surface area contributed by atoms with Crippen LogP contribution in [-0.2, 0) is 6.18 Å². The average molecular weight is 460 g/mol. The number of allylic oxidation sites excluding steroid dienone is 4. The molecule has 1 aromatic carbocycles. The number of aromatic nitrogens is 3. The Balaban J connectivity index is 1.79. The van der Waals surface area contributed by atoms with Gasteiger partial charge in [0.2, 0.25) is 0 Å². The monoisotopic (exact) mass is 460 g/mol. The lowest BCUT2D eigenvalue weighted by atomic mass is 10.1. The molecule has 0 aliphatic rings. The van der Waals surface area contributed by atoms with E-state index in [1.54, 1.807) is 48.0 Å². The number of amides is 2. The molecule has 0 atom stereocenters. The van der Waals surface area contributed by atoms with Crippen LogP contribution in [0.3, 0.4) is 0 Å². The SMILES string of the molecule is C\C=C/C(=C\C=C\c1c(C)cn2ncnc(N)c12)NC(=O)Nc1cc(C(F)(F)F)ccc1F. The largest absolute Gasteiger partial charge is 0.416 e. The second-order valence-electron chi connectivity index (χ2n) is 6.92. The molecular weight excluding hydrogens is 440 g/mol. The van der Waals surface area contributed by atoms with E-state index in [0.29, 0.717) is 35.2 Å². The molecule has 0 bridgehead atoms. The summed E-state index contributed by atoms with van der Waals surface area (Å²) < 4.78 is 54.1. The van der Waals surface area contributed by atoms with Gasteiger partial charge >= 0.3 is 12.2 Å². The molecule has 2 aromatic heterocycles. The van der Waals surface area contributed by atoms with Gasteiger partial charge in [-0.1, -0.05) is 18.2 Å². The van der Waals surface area contributed by atoms with E-state index in [2.05, 4.69) is 20.7 Å². The minimum absolute atomic E-state index is 0.302. The van der Waals surface area contributed by atoms with Crippen molar-refractivity contribution in [3.63, 3.8) is 0 Å². The van der Waals surface area contributed by atoms with Crippen LogP contribution in [0.4, 0.5) is 33.9 Å². The van der Waals surface area contributed by atoms with Gasteiger partial charge in [-0.15, -0.1) is 0 Å². The number of anilines is 2. The number of benzene rings is 1. The summed E-state index contributed by atoms with van der Waals surface area (Å²) in [5.74, 6) is -0.693. The van der Waals surface area contributed by atoms with Crippen molar-refractivity contribution in [3.8, 4) is 0 Å². The van der Waals surface area contributed by atoms with Gasteiger partial charge in [0, 0.05) is 17.5 Å². The molecule has 0 aliphatic carbocycles. The average Bonchev–Trinajstić information content (AvgIpc) is 3.05. The first-order valence-electron chi connectivity index (χ1n) is 9.64. The molecule has 2 heterocycles. The maximum atomic E-state index is 13.9. The second-order valence-corrected chi connectivity index (χ2v) is 6.92. The van der Waals surface area contributed by atoms with Gasteiger partial charge in [-0.3, -0.25) is 0 Å². The Bertz CT molecular complexity index is 1270. The van der Waals surface area contributed by atoms with Crippen molar-refractivity contribution in [2.75, 3.05) is 11.1 Å². The van der Waals surface area contributed by atoms with Crippen molar-refractivity contribution >= 4 is 29.1 Å². The molecular formula is C22H20F4N6O. The molecule has 4 N–H and O–H groups in total. The number of urea groups is 1. The molecule has 0 saturated heterocycles. The zero-order valence-corrected chi connectivity index (χ0v) is 17.6. The van der Waals surface area contributed by atoms with Crippen molar-refractivity contribution in [3.05, 3.63) is 83.2 Å². The standard InChI is InChI=1S/C22H20F4N6O/c1-3-5-15(6-4-7-16-13(2)11-32-19(16)20(27)28-12-29-32)30-21(33)31-18-10-14(22(24,25)26)8-9-17(18)23/h3-12H,1-2H3,(H2,27,28,29)(H2,30,31,33)/b5-3-,7-4+,15-6+. The van der Waals surface area contributed by atoms with Gasteiger partial charge in [0.15, 0.2) is 5.82 Å². The Morgan fingerprint density at radius 1 is 1.27 bits per heavy atom. The number of fused-ring (bicyclic) bond motifs is 1. The van der Waals surface area contributed by atoms with Gasteiger partial charge in [-0.05, 0) is 49.8 Å². The van der Waals surface area contributed by atoms with Crippen molar-refractivity contribution in [2.24, 2.45) is 0 Å². The fourth-order valence-corrected chi connectivity index (χ4v) is 3.04. The van der Waals surface area contributed by atoms with Gasteiger partial charge in [0.1, 0.15) is 17.7 Å². The molecule has 11 heteroatoms. The number of nitrogens with two attached hydrogens (primary N) is 1. The van der Waals surface area contributed by atoms with E-state index in [9.17, 15) is 22.4 Å². The van der Waals surface area contributed by atoms with Gasteiger partial charge < -0.3 is 16.4 Å². The molecule has 7 nitrogen and oxygen atoms in total. The number of rotatable bonds is 5. The molecule has 0 saturated carbocycles. The van der Waals surface area contributed by atoms with E-state index >= 15 is 0 Å². The van der Waals surface area contributed by atoms with E-state index in [1.165, 1.54) is 6.33 Å². The third-order valence-corrected chi connectivity index (χ3v) is 4.53. The number of halogens is 4. The van der Waals surface area contributed by atoms with E-state index in [-0.39, 0.29) is 0 Å². The Labute approximate surface area is 186 Å². The number of nitrogens with zero attached hydrogens (tertiary/aromatic N) is 3. The second kappa shape index (κ2) is 9.55. The number of aryl methyl sites for hydroxylation is 1. The summed E-state index contributed by atoms with van der Waals surface area (Å²) in [6.07, 6.45) is 6.63. The van der Waals surface area contributed by atoms with Crippen molar-refractivity contribution < 1.29 is 22.4 Å². The molecule has 3 aromatic rings. The van der Waals surface area contributed by atoms with E-state index in [0.717, 1.165) is 11.1 Å². The zero-order valence-electron chi connectivity index (χ0n) is 17.6. The fraction of sp³-hybridized carbons (Fsp3) is 0.136. The van der Waals surface area contributed by atoms with Crippen molar-refractivity contribution in [1.29, 1.82) is 0 Å². The number of carbonyl (C=O) groups excluding carboxylic acids is 1. The molecule has 0 aliphatic heterocycles. The van der Waals surface area contributed by atoms with Crippen LogP contribution in [0.2, 0.25) is 0 Å². The van der Waals surface area contributed by atoms with Gasteiger partial charge in [-0.2, -0.15) is 18.3 Å². The van der Waals surface area contributed by atoms with Crippen LogP contribution in [-0.4, -0.2) is 20.6 Å². The van der Waals surface area contributed by atoms with Crippen LogP contribution in [0.15, 0.2) is 60.7 Å². The maximum Gasteiger partial charge on any atom is 0.416 e. The number of alkyl halides is 3. The lowest BCUT2D eigenvalue weighted by molar-refractivity contribution is -0.137. The van der Waals surface area contributed by atoms with Crippen LogP contribution >= 0.6 is 0 Å². The number of nitrogen functional groups attached to an aromatic ring is 1. The van der Waals surface area contributed by atoms with Gasteiger partial charge in [0.05, 0.1) is 11.3 Å². The maximum absolute atomic E-state index is 13.9. The summed E-state index contributed by atoms with van der Waals surface area (Å²) in [6.45, 7) is 3.59. The predicted octanol–water partition coefficient (Wildman–Crippen LogP) is 5.07. The first-order valence-corrected chi connectivity index (χ1v) is 9.64. The summed E-state index contributed by atoms with van der Waals surface area (Å²) >= 11 is 0. The summed E-state index contributed by atoms with van der Waals surface area (Å²) in [4.78, 5) is 16.3. The molecule has 0 radical (unpaired) electrons. The summed E-state index contributed by atoms with van der Waals surface area (Å²) in [5, 5.41) is 8.66. The summed E-state index contributed by atoms with van der Waals surface area (Å²) in [5.41, 5.74) is 6.87. The van der Waals surface area contributed by atoms with Gasteiger partial charge in [-0.25, -0.2) is 18.7 Å². The first kappa shape index (κ1) is 23.5. The molecule has 3 rings (SSSR count).